The van der Waals surface area contributed by atoms with Crippen molar-refractivity contribution < 1.29 is 0 Å². The Hall–Kier alpha value is -2.58. The van der Waals surface area contributed by atoms with Gasteiger partial charge in [-0.3, -0.25) is 4.90 Å². The first-order chi connectivity index (χ1) is 18.5. The lowest BCUT2D eigenvalue weighted by atomic mass is 10.00. The molecule has 1 N–H and O–H groups in total. The Kier molecular flexibility index (Phi) is 7.61. The molecule has 0 saturated carbocycles. The van der Waals surface area contributed by atoms with Crippen LogP contribution in [0.1, 0.15) is 24.0 Å². The standard InChI is InChI=1S/C29H35Cl2N7/c1-35-14-16-37(17-15-35)23-9-12-36(13-10-23)24-6-7-27(25(30)18-24)33-29-32-19-26(31)28(34-29)38-11-8-21-4-2-3-5-22(21)20-38/h2-7,18-19,23H,8-17,20H2,1H3,(H,32,33,34). The first-order valence-electron chi connectivity index (χ1n) is 13.6. The molecule has 0 bridgehead atoms. The fourth-order valence-corrected chi connectivity index (χ4v) is 6.35. The van der Waals surface area contributed by atoms with Gasteiger partial charge in [-0.1, -0.05) is 47.5 Å². The average molecular weight is 553 g/mol. The van der Waals surface area contributed by atoms with Crippen LogP contribution in [0.25, 0.3) is 0 Å². The number of aromatic nitrogens is 2. The minimum Gasteiger partial charge on any atom is -0.371 e. The maximum atomic E-state index is 6.74. The van der Waals surface area contributed by atoms with Crippen LogP contribution in [0.2, 0.25) is 10.0 Å². The molecular weight excluding hydrogens is 517 g/mol. The number of halogens is 2. The molecule has 0 amide bonds. The highest BCUT2D eigenvalue weighted by Crippen LogP contribution is 2.33. The van der Waals surface area contributed by atoms with Crippen molar-refractivity contribution in [3.8, 4) is 0 Å². The molecule has 2 fully saturated rings. The highest BCUT2D eigenvalue weighted by atomic mass is 35.5. The summed E-state index contributed by atoms with van der Waals surface area (Å²) in [5, 5.41) is 4.53. The first kappa shape index (κ1) is 25.7. The van der Waals surface area contributed by atoms with Crippen molar-refractivity contribution >= 4 is 46.3 Å². The van der Waals surface area contributed by atoms with E-state index in [2.05, 4.69) is 73.3 Å². The van der Waals surface area contributed by atoms with E-state index >= 15 is 0 Å². The van der Waals surface area contributed by atoms with E-state index in [1.54, 1.807) is 6.20 Å². The molecule has 0 spiro atoms. The monoisotopic (exact) mass is 551 g/mol. The zero-order valence-corrected chi connectivity index (χ0v) is 23.4. The summed E-state index contributed by atoms with van der Waals surface area (Å²) in [5.41, 5.74) is 4.67. The van der Waals surface area contributed by atoms with Gasteiger partial charge in [0.1, 0.15) is 5.02 Å². The molecule has 3 aliphatic heterocycles. The summed E-state index contributed by atoms with van der Waals surface area (Å²) in [4.78, 5) is 19.0. The lowest BCUT2D eigenvalue weighted by Crippen LogP contribution is -2.52. The van der Waals surface area contributed by atoms with Crippen LogP contribution >= 0.6 is 23.2 Å². The van der Waals surface area contributed by atoms with Gasteiger partial charge in [-0.15, -0.1) is 0 Å². The molecule has 2 saturated heterocycles. The van der Waals surface area contributed by atoms with E-state index in [4.69, 9.17) is 28.2 Å². The minimum absolute atomic E-state index is 0.492. The molecule has 1 aromatic heterocycles. The number of piperidine rings is 1. The van der Waals surface area contributed by atoms with Gasteiger partial charge in [0.25, 0.3) is 0 Å². The smallest absolute Gasteiger partial charge is 0.229 e. The van der Waals surface area contributed by atoms with Gasteiger partial charge < -0.3 is 20.0 Å². The topological polar surface area (TPSA) is 50.8 Å². The van der Waals surface area contributed by atoms with Gasteiger partial charge in [-0.2, -0.15) is 4.98 Å². The molecule has 9 heteroatoms. The SMILES string of the molecule is CN1CCN(C2CCN(c3ccc(Nc4ncc(Cl)c(N5CCc6ccccc6C5)n4)c(Cl)c3)CC2)CC1. The second-order valence-corrected chi connectivity index (χ2v) is 11.5. The van der Waals surface area contributed by atoms with E-state index in [0.29, 0.717) is 22.0 Å². The van der Waals surface area contributed by atoms with Crippen LogP contribution in [0.15, 0.2) is 48.7 Å². The van der Waals surface area contributed by atoms with Crippen molar-refractivity contribution in [1.82, 2.24) is 19.8 Å². The number of nitrogens with one attached hydrogen (secondary N) is 1. The Balaban J connectivity index is 1.10. The van der Waals surface area contributed by atoms with E-state index in [-0.39, 0.29) is 0 Å². The Morgan fingerprint density at radius 3 is 2.37 bits per heavy atom. The summed E-state index contributed by atoms with van der Waals surface area (Å²) in [6.45, 7) is 8.50. The largest absolute Gasteiger partial charge is 0.371 e. The molecule has 4 heterocycles. The Morgan fingerprint density at radius 1 is 0.842 bits per heavy atom. The predicted octanol–water partition coefficient (Wildman–Crippen LogP) is 5.31. The first-order valence-corrected chi connectivity index (χ1v) is 14.4. The highest BCUT2D eigenvalue weighted by molar-refractivity contribution is 6.33. The van der Waals surface area contributed by atoms with Crippen LogP contribution in [0, 0.1) is 0 Å². The fraction of sp³-hybridized carbons (Fsp3) is 0.448. The van der Waals surface area contributed by atoms with Crippen molar-refractivity contribution in [2.45, 2.75) is 31.8 Å². The Morgan fingerprint density at radius 2 is 1.61 bits per heavy atom. The quantitative estimate of drug-likeness (QED) is 0.461. The number of rotatable bonds is 5. The zero-order valence-electron chi connectivity index (χ0n) is 21.9. The molecule has 0 unspecified atom stereocenters. The number of hydrogen-bond donors (Lipinski definition) is 1. The minimum atomic E-state index is 0.492. The number of likely N-dealkylation sites (N-methyl/N-ethyl adjacent to an activating group) is 1. The number of hydrogen-bond acceptors (Lipinski definition) is 7. The van der Waals surface area contributed by atoms with Crippen LogP contribution in [-0.2, 0) is 13.0 Å². The van der Waals surface area contributed by atoms with E-state index in [0.717, 1.165) is 44.1 Å². The van der Waals surface area contributed by atoms with Crippen molar-refractivity contribution in [2.75, 3.05) is 68.0 Å². The van der Waals surface area contributed by atoms with Gasteiger partial charge in [0.05, 0.1) is 16.9 Å². The van der Waals surface area contributed by atoms with Crippen LogP contribution in [-0.4, -0.2) is 78.7 Å². The summed E-state index contributed by atoms with van der Waals surface area (Å²) >= 11 is 13.3. The highest BCUT2D eigenvalue weighted by Gasteiger charge is 2.27. The third kappa shape index (κ3) is 5.57. The lowest BCUT2D eigenvalue weighted by molar-refractivity contribution is 0.0982. The van der Waals surface area contributed by atoms with Crippen LogP contribution < -0.4 is 15.1 Å². The summed E-state index contributed by atoms with van der Waals surface area (Å²) in [7, 11) is 2.22. The van der Waals surface area contributed by atoms with Gasteiger partial charge in [0.2, 0.25) is 5.95 Å². The van der Waals surface area contributed by atoms with Crippen LogP contribution in [0.3, 0.4) is 0 Å². The molecule has 0 aliphatic carbocycles. The van der Waals surface area contributed by atoms with E-state index in [9.17, 15) is 0 Å². The number of fused-ring (bicyclic) bond motifs is 1. The summed E-state index contributed by atoms with van der Waals surface area (Å²) in [6, 6.07) is 15.5. The van der Waals surface area contributed by atoms with Gasteiger partial charge in [-0.25, -0.2) is 4.98 Å². The fourth-order valence-electron chi connectivity index (χ4n) is 5.92. The number of anilines is 4. The molecule has 3 aliphatic rings. The second kappa shape index (κ2) is 11.3. The molecule has 38 heavy (non-hydrogen) atoms. The normalized spacial score (nSPS) is 19.4. The van der Waals surface area contributed by atoms with Gasteiger partial charge in [0, 0.05) is 64.1 Å². The van der Waals surface area contributed by atoms with E-state index in [1.165, 1.54) is 55.8 Å². The van der Waals surface area contributed by atoms with Crippen molar-refractivity contribution in [2.24, 2.45) is 0 Å². The maximum Gasteiger partial charge on any atom is 0.229 e. The molecule has 7 nitrogen and oxygen atoms in total. The zero-order chi connectivity index (χ0) is 26.1. The number of nitrogens with zero attached hydrogens (tertiary/aromatic N) is 6. The second-order valence-electron chi connectivity index (χ2n) is 10.7. The van der Waals surface area contributed by atoms with Gasteiger partial charge >= 0.3 is 0 Å². The van der Waals surface area contributed by atoms with Gasteiger partial charge in [0.15, 0.2) is 5.82 Å². The summed E-state index contributed by atoms with van der Waals surface area (Å²) < 4.78 is 0. The predicted molar refractivity (Wildman–Crippen MR) is 157 cm³/mol. The number of piperazine rings is 1. The van der Waals surface area contributed by atoms with Crippen molar-refractivity contribution in [3.05, 3.63) is 69.8 Å². The molecule has 200 valence electrons. The van der Waals surface area contributed by atoms with Crippen molar-refractivity contribution in [3.63, 3.8) is 0 Å². The third-order valence-electron chi connectivity index (χ3n) is 8.24. The molecule has 0 radical (unpaired) electrons. The average Bonchev–Trinajstić information content (AvgIpc) is 2.95. The Bertz CT molecular complexity index is 1270. The molecule has 6 rings (SSSR count). The maximum absolute atomic E-state index is 6.74. The van der Waals surface area contributed by atoms with Crippen LogP contribution in [0.5, 0.6) is 0 Å². The molecule has 0 atom stereocenters. The lowest BCUT2D eigenvalue weighted by Gasteiger charge is -2.42. The summed E-state index contributed by atoms with van der Waals surface area (Å²) in [5.74, 6) is 1.24. The molecule has 2 aromatic carbocycles. The van der Waals surface area contributed by atoms with Gasteiger partial charge in [-0.05, 0) is 55.6 Å². The van der Waals surface area contributed by atoms with Crippen molar-refractivity contribution in [1.29, 1.82) is 0 Å². The number of benzene rings is 2. The molecule has 3 aromatic rings. The van der Waals surface area contributed by atoms with Crippen LogP contribution in [0.4, 0.5) is 23.1 Å². The molecular formula is C29H35Cl2N7. The van der Waals surface area contributed by atoms with E-state index < -0.39 is 0 Å². The Labute approximate surface area is 235 Å². The third-order valence-corrected chi connectivity index (χ3v) is 8.82. The van der Waals surface area contributed by atoms with E-state index in [1.807, 2.05) is 6.07 Å². The summed E-state index contributed by atoms with van der Waals surface area (Å²) in [6.07, 6.45) is 5.03.